The van der Waals surface area contributed by atoms with Crippen molar-refractivity contribution in [2.75, 3.05) is 27.2 Å². The van der Waals surface area contributed by atoms with Crippen LogP contribution in [0.4, 0.5) is 0 Å². The van der Waals surface area contributed by atoms with Gasteiger partial charge < -0.3 is 10.6 Å². The lowest BCUT2D eigenvalue weighted by Gasteiger charge is -2.45. The third-order valence-corrected chi connectivity index (χ3v) is 3.90. The summed E-state index contributed by atoms with van der Waals surface area (Å²) in [5.41, 5.74) is 5.83. The Morgan fingerprint density at radius 1 is 1.29 bits per heavy atom. The van der Waals surface area contributed by atoms with Crippen LogP contribution in [0.15, 0.2) is 0 Å². The summed E-state index contributed by atoms with van der Waals surface area (Å²) in [6.45, 7) is 2.51. The van der Waals surface area contributed by atoms with Crippen molar-refractivity contribution in [1.82, 2.24) is 9.80 Å². The predicted molar refractivity (Wildman–Crippen MR) is 59.3 cm³/mol. The van der Waals surface area contributed by atoms with Gasteiger partial charge in [-0.25, -0.2) is 0 Å². The van der Waals surface area contributed by atoms with Gasteiger partial charge in [-0.05, 0) is 46.3 Å². The molecule has 1 unspecified atom stereocenters. The van der Waals surface area contributed by atoms with E-state index < -0.39 is 0 Å². The van der Waals surface area contributed by atoms with Crippen molar-refractivity contribution in [3.63, 3.8) is 0 Å². The summed E-state index contributed by atoms with van der Waals surface area (Å²) >= 11 is 0. The van der Waals surface area contributed by atoms with Crippen molar-refractivity contribution in [3.05, 3.63) is 0 Å². The van der Waals surface area contributed by atoms with Gasteiger partial charge in [0.2, 0.25) is 0 Å². The molecule has 14 heavy (non-hydrogen) atoms. The Bertz CT molecular complexity index is 189. The van der Waals surface area contributed by atoms with E-state index in [2.05, 4.69) is 23.9 Å². The normalized spacial score (nSPS) is 39.9. The van der Waals surface area contributed by atoms with Gasteiger partial charge in [-0.15, -0.1) is 0 Å². The number of likely N-dealkylation sites (N-methyl/N-ethyl adjacent to an activating group) is 2. The fourth-order valence-electron chi connectivity index (χ4n) is 2.73. The van der Waals surface area contributed by atoms with Crippen molar-refractivity contribution >= 4 is 0 Å². The van der Waals surface area contributed by atoms with Crippen molar-refractivity contribution in [2.24, 2.45) is 5.73 Å². The first-order chi connectivity index (χ1) is 6.66. The van der Waals surface area contributed by atoms with Crippen molar-refractivity contribution in [3.8, 4) is 0 Å². The summed E-state index contributed by atoms with van der Waals surface area (Å²) in [5.74, 6) is 0. The molecule has 2 aliphatic rings. The molecule has 2 N–H and O–H groups in total. The van der Waals surface area contributed by atoms with E-state index in [9.17, 15) is 0 Å². The van der Waals surface area contributed by atoms with E-state index in [0.717, 1.165) is 12.1 Å². The Kier molecular flexibility index (Phi) is 3.10. The van der Waals surface area contributed by atoms with Crippen molar-refractivity contribution < 1.29 is 0 Å². The fourth-order valence-corrected chi connectivity index (χ4v) is 2.73. The van der Waals surface area contributed by atoms with E-state index in [4.69, 9.17) is 5.73 Å². The summed E-state index contributed by atoms with van der Waals surface area (Å²) < 4.78 is 0. The molecule has 0 radical (unpaired) electrons. The molecule has 0 aromatic carbocycles. The number of nitrogens with two attached hydrogens (primary N) is 1. The smallest absolute Gasteiger partial charge is 0.0223 e. The van der Waals surface area contributed by atoms with E-state index in [1.165, 1.54) is 38.8 Å². The van der Waals surface area contributed by atoms with Gasteiger partial charge in [-0.1, -0.05) is 0 Å². The number of rotatable bonds is 2. The maximum atomic E-state index is 5.83. The lowest BCUT2D eigenvalue weighted by atomic mass is 9.85. The average molecular weight is 197 g/mol. The van der Waals surface area contributed by atoms with Gasteiger partial charge in [0.25, 0.3) is 0 Å². The summed E-state index contributed by atoms with van der Waals surface area (Å²) in [4.78, 5) is 5.02. The fraction of sp³-hybridized carbons (Fsp3) is 1.00. The third kappa shape index (κ3) is 2.10. The molecule has 1 aliphatic heterocycles. The number of hydrogen-bond acceptors (Lipinski definition) is 3. The molecule has 0 aromatic heterocycles. The second-order valence-electron chi connectivity index (χ2n) is 5.11. The monoisotopic (exact) mass is 197 g/mol. The molecule has 1 saturated carbocycles. The molecule has 1 saturated heterocycles. The summed E-state index contributed by atoms with van der Waals surface area (Å²) in [7, 11) is 4.51. The van der Waals surface area contributed by atoms with Gasteiger partial charge in [0.15, 0.2) is 0 Å². The van der Waals surface area contributed by atoms with E-state index in [0.29, 0.717) is 6.04 Å². The average Bonchev–Trinajstić information content (AvgIpc) is 2.12. The molecular weight excluding hydrogens is 174 g/mol. The number of hydrogen-bond donors (Lipinski definition) is 1. The third-order valence-electron chi connectivity index (χ3n) is 3.90. The first-order valence-corrected chi connectivity index (χ1v) is 5.83. The summed E-state index contributed by atoms with van der Waals surface area (Å²) in [6, 6.07) is 2.01. The summed E-state index contributed by atoms with van der Waals surface area (Å²) in [6.07, 6.45) is 5.13. The standard InChI is InChI=1S/C11H23N3/c1-13-5-3-4-10(8-13)14(2)11-6-9(12)7-11/h9-11H,3-8,12H2,1-2H3. The van der Waals surface area contributed by atoms with Gasteiger partial charge in [-0.2, -0.15) is 0 Å². The molecule has 1 heterocycles. The van der Waals surface area contributed by atoms with Gasteiger partial charge in [0, 0.05) is 24.7 Å². The van der Waals surface area contributed by atoms with Crippen LogP contribution in [0.25, 0.3) is 0 Å². The van der Waals surface area contributed by atoms with Crippen LogP contribution in [-0.4, -0.2) is 55.1 Å². The molecule has 0 spiro atoms. The largest absolute Gasteiger partial charge is 0.328 e. The first kappa shape index (κ1) is 10.4. The number of likely N-dealkylation sites (tertiary alicyclic amines) is 1. The lowest BCUT2D eigenvalue weighted by molar-refractivity contribution is 0.0549. The SMILES string of the molecule is CN1CCCC(N(C)C2CC(N)C2)C1. The Hall–Kier alpha value is -0.120. The number of piperidine rings is 1. The summed E-state index contributed by atoms with van der Waals surface area (Å²) in [5, 5.41) is 0. The Labute approximate surface area is 87.2 Å². The zero-order chi connectivity index (χ0) is 10.1. The minimum Gasteiger partial charge on any atom is -0.328 e. The van der Waals surface area contributed by atoms with Gasteiger partial charge in [0.1, 0.15) is 0 Å². The van der Waals surface area contributed by atoms with Crippen LogP contribution in [0.5, 0.6) is 0 Å². The van der Waals surface area contributed by atoms with Crippen LogP contribution >= 0.6 is 0 Å². The predicted octanol–water partition coefficient (Wildman–Crippen LogP) is 0.502. The zero-order valence-corrected chi connectivity index (χ0v) is 9.45. The highest BCUT2D eigenvalue weighted by molar-refractivity contribution is 4.92. The van der Waals surface area contributed by atoms with Gasteiger partial charge in [0.05, 0.1) is 0 Å². The molecule has 0 aromatic rings. The molecule has 82 valence electrons. The van der Waals surface area contributed by atoms with Gasteiger partial charge >= 0.3 is 0 Å². The molecule has 2 fully saturated rings. The molecule has 1 aliphatic carbocycles. The lowest BCUT2D eigenvalue weighted by Crippen LogP contribution is -2.55. The molecule has 0 amide bonds. The van der Waals surface area contributed by atoms with E-state index in [-0.39, 0.29) is 0 Å². The quantitative estimate of drug-likeness (QED) is 0.700. The highest BCUT2D eigenvalue weighted by atomic mass is 15.2. The maximum absolute atomic E-state index is 5.83. The van der Waals surface area contributed by atoms with Crippen LogP contribution in [-0.2, 0) is 0 Å². The molecular formula is C11H23N3. The molecule has 3 heteroatoms. The van der Waals surface area contributed by atoms with Crippen LogP contribution in [0, 0.1) is 0 Å². The minimum atomic E-state index is 0.476. The first-order valence-electron chi connectivity index (χ1n) is 5.83. The Morgan fingerprint density at radius 2 is 2.00 bits per heavy atom. The van der Waals surface area contributed by atoms with Crippen LogP contribution in [0.2, 0.25) is 0 Å². The highest BCUT2D eigenvalue weighted by Crippen LogP contribution is 2.26. The molecule has 3 nitrogen and oxygen atoms in total. The second kappa shape index (κ2) is 4.17. The van der Waals surface area contributed by atoms with E-state index in [1.807, 2.05) is 0 Å². The minimum absolute atomic E-state index is 0.476. The highest BCUT2D eigenvalue weighted by Gasteiger charge is 2.33. The van der Waals surface area contributed by atoms with Gasteiger partial charge in [-0.3, -0.25) is 4.90 Å². The van der Waals surface area contributed by atoms with Crippen LogP contribution < -0.4 is 5.73 Å². The Balaban J connectivity index is 1.81. The van der Waals surface area contributed by atoms with Crippen molar-refractivity contribution in [1.29, 1.82) is 0 Å². The molecule has 2 rings (SSSR count). The topological polar surface area (TPSA) is 32.5 Å². The van der Waals surface area contributed by atoms with Crippen molar-refractivity contribution in [2.45, 2.75) is 43.8 Å². The van der Waals surface area contributed by atoms with E-state index in [1.54, 1.807) is 0 Å². The zero-order valence-electron chi connectivity index (χ0n) is 9.45. The van der Waals surface area contributed by atoms with Crippen LogP contribution in [0.3, 0.4) is 0 Å². The number of nitrogens with zero attached hydrogens (tertiary/aromatic N) is 2. The molecule has 1 atom stereocenters. The Morgan fingerprint density at radius 3 is 2.57 bits per heavy atom. The van der Waals surface area contributed by atoms with E-state index >= 15 is 0 Å². The maximum Gasteiger partial charge on any atom is 0.0223 e. The molecule has 0 bridgehead atoms. The van der Waals surface area contributed by atoms with Crippen LogP contribution in [0.1, 0.15) is 25.7 Å². The second-order valence-corrected chi connectivity index (χ2v) is 5.11.